The zero-order valence-electron chi connectivity index (χ0n) is 71.1. The van der Waals surface area contributed by atoms with E-state index >= 15 is 0 Å². The van der Waals surface area contributed by atoms with Gasteiger partial charge in [0.1, 0.15) is 0 Å². The standard InChI is InChI=1S/C126H82N4/c1-4-30-105-86(21-1)24-17-37-110(105)95-28-15-26-92(79-95)83-49-62-98(63-50-83)127(100-72-74-104(75-73-100)129-123-44-12-8-34-117(123)118-35-9-13-45-124(118)129)99-68-55-89(56-69-99)109-40-20-42-114-116(109)77-60-91-47-48-94(81-120(91)114)85-53-66-103(67-54-85)130-125-46-14-10-36-119(125)121-82-97(61-78-126(121)130)112-33-7-11-43-122(112)128(102-70-57-90(58-71-102)108-39-19-41-113-107-32-6-3-23-88(107)59-76-115(108)113)101-64-51-84(52-65-101)93-27-16-29-96(80-93)111-38-18-25-87-22-2-5-31-106(87)111/h1-82H. The summed E-state index contributed by atoms with van der Waals surface area (Å²) in [5.74, 6) is 0. The van der Waals surface area contributed by atoms with Gasteiger partial charge in [0.2, 0.25) is 0 Å². The van der Waals surface area contributed by atoms with Gasteiger partial charge in [-0.05, 0) is 288 Å². The van der Waals surface area contributed by atoms with Crippen molar-refractivity contribution in [2.24, 2.45) is 0 Å². The molecule has 4 heteroatoms. The molecule has 0 aliphatic rings. The first-order valence-electron chi connectivity index (χ1n) is 44.8. The number of benzene rings is 23. The highest BCUT2D eigenvalue weighted by Crippen LogP contribution is 2.48. The van der Waals surface area contributed by atoms with Crippen LogP contribution in [0.1, 0.15) is 0 Å². The third-order valence-electron chi connectivity index (χ3n) is 26.9. The fourth-order valence-corrected chi connectivity index (χ4v) is 20.6. The maximum atomic E-state index is 2.44. The first-order chi connectivity index (χ1) is 64.4. The predicted octanol–water partition coefficient (Wildman–Crippen LogP) is 35.1. The van der Waals surface area contributed by atoms with Crippen molar-refractivity contribution in [1.82, 2.24) is 9.13 Å². The number of fused-ring (bicyclic) bond motifs is 14. The summed E-state index contributed by atoms with van der Waals surface area (Å²) in [5, 5.41) is 19.7. The Balaban J connectivity index is 0.529. The van der Waals surface area contributed by atoms with Crippen LogP contribution in [0.25, 0.3) is 209 Å². The molecule has 0 unspecified atom stereocenters. The molecule has 25 aromatic rings. The third-order valence-corrected chi connectivity index (χ3v) is 26.9. The van der Waals surface area contributed by atoms with Crippen molar-refractivity contribution in [3.8, 4) is 100 Å². The van der Waals surface area contributed by atoms with Gasteiger partial charge in [-0.2, -0.15) is 0 Å². The smallest absolute Gasteiger partial charge is 0.0541 e. The predicted molar refractivity (Wildman–Crippen MR) is 553 cm³/mol. The molecule has 0 bridgehead atoms. The summed E-state index contributed by atoms with van der Waals surface area (Å²) in [4.78, 5) is 4.82. The highest BCUT2D eigenvalue weighted by Gasteiger charge is 2.24. The zero-order valence-corrected chi connectivity index (χ0v) is 71.1. The molecule has 0 atom stereocenters. The molecule has 0 spiro atoms. The molecule has 0 amide bonds. The van der Waals surface area contributed by atoms with E-state index in [4.69, 9.17) is 0 Å². The molecule has 130 heavy (non-hydrogen) atoms. The van der Waals surface area contributed by atoms with Crippen LogP contribution in [-0.4, -0.2) is 9.13 Å². The molecule has 0 N–H and O–H groups in total. The molecule has 4 nitrogen and oxygen atoms in total. The summed E-state index contributed by atoms with van der Waals surface area (Å²) in [7, 11) is 0. The second kappa shape index (κ2) is 31.5. The maximum absolute atomic E-state index is 2.44. The number of hydrogen-bond donors (Lipinski definition) is 0. The lowest BCUT2D eigenvalue weighted by Crippen LogP contribution is -2.11. The van der Waals surface area contributed by atoms with Crippen molar-refractivity contribution in [2.75, 3.05) is 9.80 Å². The maximum Gasteiger partial charge on any atom is 0.0541 e. The Morgan fingerprint density at radius 1 is 0.131 bits per heavy atom. The number of hydrogen-bond acceptors (Lipinski definition) is 2. The molecule has 2 aromatic heterocycles. The summed E-state index contributed by atoms with van der Waals surface area (Å²) in [5.41, 5.74) is 32.1. The Labute approximate surface area is 753 Å². The lowest BCUT2D eigenvalue weighted by atomic mass is 9.93. The van der Waals surface area contributed by atoms with Crippen molar-refractivity contribution in [2.45, 2.75) is 0 Å². The Morgan fingerprint density at radius 3 is 0.923 bits per heavy atom. The Hall–Kier alpha value is -17.2. The average Bonchev–Trinajstić information content (AvgIpc) is 1.63. The molecule has 0 radical (unpaired) electrons. The molecule has 25 rings (SSSR count). The van der Waals surface area contributed by atoms with Crippen molar-refractivity contribution in [3.63, 3.8) is 0 Å². The summed E-state index contributed by atoms with van der Waals surface area (Å²) in [6, 6.07) is 184. The monoisotopic (exact) mass is 1650 g/mol. The van der Waals surface area contributed by atoms with Crippen molar-refractivity contribution < 1.29 is 0 Å². The summed E-state index contributed by atoms with van der Waals surface area (Å²) >= 11 is 0. The number of rotatable bonds is 16. The largest absolute Gasteiger partial charge is 0.311 e. The van der Waals surface area contributed by atoms with E-state index in [0.717, 1.165) is 89.9 Å². The van der Waals surface area contributed by atoms with E-state index in [9.17, 15) is 0 Å². The lowest BCUT2D eigenvalue weighted by molar-refractivity contribution is 1.17. The minimum absolute atomic E-state index is 1.06. The van der Waals surface area contributed by atoms with Gasteiger partial charge in [-0.3, -0.25) is 0 Å². The second-order valence-electron chi connectivity index (χ2n) is 34.2. The summed E-state index contributed by atoms with van der Waals surface area (Å²) in [6.45, 7) is 0. The van der Waals surface area contributed by atoms with E-state index in [1.54, 1.807) is 0 Å². The van der Waals surface area contributed by atoms with Gasteiger partial charge < -0.3 is 18.9 Å². The van der Waals surface area contributed by atoms with E-state index in [0.29, 0.717) is 0 Å². The Morgan fingerprint density at radius 2 is 0.415 bits per heavy atom. The van der Waals surface area contributed by atoms with Gasteiger partial charge in [-0.15, -0.1) is 0 Å². The molecule has 606 valence electrons. The zero-order chi connectivity index (χ0) is 85.7. The van der Waals surface area contributed by atoms with Crippen molar-refractivity contribution in [1.29, 1.82) is 0 Å². The first kappa shape index (κ1) is 75.4. The molecule has 0 fully saturated rings. The number of anilines is 6. The molecule has 23 aromatic carbocycles. The molecular formula is C126H82N4. The molecule has 0 aliphatic carbocycles. The van der Waals surface area contributed by atoms with Crippen LogP contribution in [0.3, 0.4) is 0 Å². The average molecular weight is 1650 g/mol. The number of nitrogens with zero attached hydrogens (tertiary/aromatic N) is 4. The van der Waals surface area contributed by atoms with Crippen LogP contribution in [0.15, 0.2) is 497 Å². The van der Waals surface area contributed by atoms with Gasteiger partial charge in [0.25, 0.3) is 0 Å². The van der Waals surface area contributed by atoms with Crippen LogP contribution in [0.5, 0.6) is 0 Å². The molecular weight excluding hydrogens is 1570 g/mol. The summed E-state index contributed by atoms with van der Waals surface area (Å²) < 4.78 is 4.83. The van der Waals surface area contributed by atoms with E-state index in [1.807, 2.05) is 0 Å². The van der Waals surface area contributed by atoms with Crippen LogP contribution >= 0.6 is 0 Å². The number of para-hydroxylation sites is 4. The van der Waals surface area contributed by atoms with Crippen LogP contribution in [0.4, 0.5) is 34.1 Å². The molecule has 0 saturated heterocycles. The van der Waals surface area contributed by atoms with Gasteiger partial charge in [0, 0.05) is 66.9 Å². The fraction of sp³-hybridized carbons (Fsp3) is 0. The van der Waals surface area contributed by atoms with E-state index in [1.165, 1.54) is 153 Å². The van der Waals surface area contributed by atoms with Crippen LogP contribution in [0.2, 0.25) is 0 Å². The van der Waals surface area contributed by atoms with Crippen molar-refractivity contribution in [3.05, 3.63) is 497 Å². The topological polar surface area (TPSA) is 16.3 Å². The van der Waals surface area contributed by atoms with Gasteiger partial charge in [-0.1, -0.05) is 358 Å². The van der Waals surface area contributed by atoms with Crippen LogP contribution in [-0.2, 0) is 0 Å². The minimum Gasteiger partial charge on any atom is -0.311 e. The van der Waals surface area contributed by atoms with Gasteiger partial charge in [0.05, 0.1) is 27.8 Å². The summed E-state index contributed by atoms with van der Waals surface area (Å²) in [6.07, 6.45) is 0. The van der Waals surface area contributed by atoms with E-state index in [2.05, 4.69) is 516 Å². The van der Waals surface area contributed by atoms with E-state index < -0.39 is 0 Å². The normalized spacial score (nSPS) is 11.7. The van der Waals surface area contributed by atoms with Crippen LogP contribution in [0, 0.1) is 0 Å². The van der Waals surface area contributed by atoms with Gasteiger partial charge >= 0.3 is 0 Å². The fourth-order valence-electron chi connectivity index (χ4n) is 20.6. The molecule has 0 aliphatic heterocycles. The first-order valence-corrected chi connectivity index (χ1v) is 44.8. The van der Waals surface area contributed by atoms with E-state index in [-0.39, 0.29) is 0 Å². The van der Waals surface area contributed by atoms with Gasteiger partial charge in [0.15, 0.2) is 0 Å². The minimum atomic E-state index is 1.06. The molecule has 2 heterocycles. The second-order valence-corrected chi connectivity index (χ2v) is 34.2. The lowest BCUT2D eigenvalue weighted by Gasteiger charge is -2.28. The highest BCUT2D eigenvalue weighted by atomic mass is 15.2. The third kappa shape index (κ3) is 13.1. The number of aromatic nitrogens is 2. The Kier molecular flexibility index (Phi) is 18.3. The molecule has 0 saturated carbocycles. The van der Waals surface area contributed by atoms with Crippen molar-refractivity contribution >= 4 is 142 Å². The van der Waals surface area contributed by atoms with Gasteiger partial charge in [-0.25, -0.2) is 0 Å². The Bertz CT molecular complexity index is 8700. The highest BCUT2D eigenvalue weighted by molar-refractivity contribution is 6.16. The van der Waals surface area contributed by atoms with Crippen LogP contribution < -0.4 is 9.80 Å². The quantitative estimate of drug-likeness (QED) is 0.0897. The SMILES string of the molecule is c1cc(-c2ccc(N(c3ccc(-c4cccc5c4ccc4ccc(-c6ccc(-n7c8ccccc8c8cc(-c9ccccc9N(c9ccc(-c%10cccc(-c%11cccc%12ccccc%11%12)c%10)cc9)c9ccc(-c%10cccc%11c%10ccc%10ccccc%10%11)cc9)ccc87)cc6)cc45)cc3)c3ccc(-n4c5ccccc5c5ccccc54)cc3)cc2)cc(-c2cccc3ccccc23)c1.